The van der Waals surface area contributed by atoms with Crippen LogP contribution in [0.2, 0.25) is 0 Å². The number of H-pyrrole nitrogens is 1. The number of aryl methyl sites for hydroxylation is 1. The Morgan fingerprint density at radius 1 is 1.22 bits per heavy atom. The normalized spacial score (nSPS) is 14.4. The highest BCUT2D eigenvalue weighted by atomic mass is 79.9. The van der Waals surface area contributed by atoms with Crippen LogP contribution in [-0.2, 0) is 25.3 Å². The molecular formula is C26H23BrN6O3. The summed E-state index contributed by atoms with van der Waals surface area (Å²) in [6.45, 7) is 2.00. The van der Waals surface area contributed by atoms with E-state index in [1.54, 1.807) is 11.6 Å². The average Bonchev–Trinajstić information content (AvgIpc) is 3.21. The van der Waals surface area contributed by atoms with Crippen LogP contribution < -0.4 is 0 Å². The van der Waals surface area contributed by atoms with Crippen molar-refractivity contribution in [2.75, 3.05) is 0 Å². The number of aromatic nitrogens is 6. The molecule has 2 N–H and O–H groups in total. The largest absolute Gasteiger partial charge is 0.477 e. The van der Waals surface area contributed by atoms with Crippen LogP contribution in [0, 0.1) is 0 Å². The summed E-state index contributed by atoms with van der Waals surface area (Å²) in [6, 6.07) is 13.9. The zero-order valence-electron chi connectivity index (χ0n) is 19.7. The van der Waals surface area contributed by atoms with E-state index in [0.29, 0.717) is 29.4 Å². The van der Waals surface area contributed by atoms with Gasteiger partial charge in [-0.2, -0.15) is 5.21 Å². The van der Waals surface area contributed by atoms with Crippen LogP contribution in [0.25, 0.3) is 33.7 Å². The Labute approximate surface area is 214 Å². The van der Waals surface area contributed by atoms with Crippen LogP contribution in [0.3, 0.4) is 0 Å². The minimum absolute atomic E-state index is 0.253. The number of hydrogen-bond donors (Lipinski definition) is 2. The number of aromatic amines is 1. The number of carboxylic acids is 1. The van der Waals surface area contributed by atoms with E-state index < -0.39 is 5.97 Å². The molecule has 1 aliphatic carbocycles. The van der Waals surface area contributed by atoms with Gasteiger partial charge >= 0.3 is 5.97 Å². The van der Waals surface area contributed by atoms with Crippen LogP contribution >= 0.6 is 15.9 Å². The Hall–Kier alpha value is -3.79. The summed E-state index contributed by atoms with van der Waals surface area (Å²) < 4.78 is 8.83. The van der Waals surface area contributed by atoms with Crippen molar-refractivity contribution in [2.24, 2.45) is 7.05 Å². The molecule has 1 saturated carbocycles. The molecule has 10 heteroatoms. The molecule has 36 heavy (non-hydrogen) atoms. The van der Waals surface area contributed by atoms with E-state index in [1.165, 1.54) is 0 Å². The number of furan rings is 1. The molecule has 1 fully saturated rings. The van der Waals surface area contributed by atoms with Gasteiger partial charge in [0.05, 0.1) is 10.2 Å². The first-order valence-electron chi connectivity index (χ1n) is 11.8. The van der Waals surface area contributed by atoms with Gasteiger partial charge in [-0.25, -0.2) is 9.78 Å². The van der Waals surface area contributed by atoms with Gasteiger partial charge in [-0.05, 0) is 58.1 Å². The molecule has 2 aromatic carbocycles. The molecule has 0 atom stereocenters. The third-order valence-corrected chi connectivity index (χ3v) is 7.84. The Balaban J connectivity index is 1.39. The summed E-state index contributed by atoms with van der Waals surface area (Å²) >= 11 is 3.76. The molecule has 6 rings (SSSR count). The van der Waals surface area contributed by atoms with Crippen molar-refractivity contribution < 1.29 is 14.3 Å². The second-order valence-electron chi connectivity index (χ2n) is 9.26. The van der Waals surface area contributed by atoms with E-state index >= 15 is 0 Å². The molecule has 0 amide bonds. The number of tetrazole rings is 1. The average molecular weight is 547 g/mol. The lowest BCUT2D eigenvalue weighted by atomic mass is 9.91. The molecule has 3 aromatic heterocycles. The number of nitrogens with one attached hydrogen (secondary N) is 1. The number of rotatable bonds is 7. The van der Waals surface area contributed by atoms with Gasteiger partial charge in [-0.3, -0.25) is 0 Å². The van der Waals surface area contributed by atoms with Gasteiger partial charge in [0, 0.05) is 35.4 Å². The highest BCUT2D eigenvalue weighted by Crippen LogP contribution is 2.52. The third-order valence-electron chi connectivity index (χ3n) is 7.05. The lowest BCUT2D eigenvalue weighted by molar-refractivity contribution is 0.0683. The molecule has 0 unspecified atom stereocenters. The lowest BCUT2D eigenvalue weighted by Gasteiger charge is -2.14. The minimum Gasteiger partial charge on any atom is -0.477 e. The fraction of sp³-hybridized carbons (Fsp3) is 0.269. The summed E-state index contributed by atoms with van der Waals surface area (Å²) in [6.07, 6.45) is 3.24. The van der Waals surface area contributed by atoms with E-state index in [4.69, 9.17) is 9.40 Å². The number of nitrogens with zero attached hydrogens (tertiary/aromatic N) is 5. The summed E-state index contributed by atoms with van der Waals surface area (Å²) in [7, 11) is 1.79. The molecule has 0 spiro atoms. The zero-order chi connectivity index (χ0) is 25.0. The Morgan fingerprint density at radius 2 is 2.00 bits per heavy atom. The maximum Gasteiger partial charge on any atom is 0.354 e. The molecule has 5 aromatic rings. The molecule has 1 aliphatic rings. The monoisotopic (exact) mass is 546 g/mol. The second-order valence-corrected chi connectivity index (χ2v) is 10.0. The minimum atomic E-state index is -0.927. The van der Waals surface area contributed by atoms with E-state index in [9.17, 15) is 9.90 Å². The highest BCUT2D eigenvalue weighted by molar-refractivity contribution is 9.10. The molecule has 9 nitrogen and oxygen atoms in total. The van der Waals surface area contributed by atoms with Crippen molar-refractivity contribution in [1.82, 2.24) is 30.2 Å². The van der Waals surface area contributed by atoms with Crippen LogP contribution in [-0.4, -0.2) is 41.3 Å². The summed E-state index contributed by atoms with van der Waals surface area (Å²) in [5.41, 5.74) is 4.28. The van der Waals surface area contributed by atoms with Gasteiger partial charge in [0.2, 0.25) is 5.82 Å². The van der Waals surface area contributed by atoms with Crippen molar-refractivity contribution in [3.05, 3.63) is 69.7 Å². The fourth-order valence-electron chi connectivity index (χ4n) is 5.06. The SMILES string of the molecule is CCc1nc(C2(Cc3ccc4oc(-c5ccccc5-c5nn[nH]n5)c(Br)c4c3)CC2)c(C(=O)O)n1C. The van der Waals surface area contributed by atoms with Gasteiger partial charge in [0.1, 0.15) is 17.2 Å². The lowest BCUT2D eigenvalue weighted by Crippen LogP contribution is -2.17. The standard InChI is InChI=1S/C26H23BrN6O3/c1-3-19-28-23(21(25(34)35)33(19)2)26(10-11-26)13-14-8-9-18-17(12-14)20(27)22(36-18)15-6-4-5-7-16(15)24-29-31-32-30-24/h4-9,12H,3,10-11,13H2,1-2H3,(H,34,35)(H,29,30,31,32). The number of imidazole rings is 1. The first-order valence-corrected chi connectivity index (χ1v) is 12.5. The second kappa shape index (κ2) is 8.41. The summed E-state index contributed by atoms with van der Waals surface area (Å²) in [4.78, 5) is 16.8. The summed E-state index contributed by atoms with van der Waals surface area (Å²) in [5.74, 6) is 1.05. The molecular weight excluding hydrogens is 524 g/mol. The van der Waals surface area contributed by atoms with Crippen LogP contribution in [0.4, 0.5) is 0 Å². The molecule has 182 valence electrons. The highest BCUT2D eigenvalue weighted by Gasteiger charge is 2.49. The first-order chi connectivity index (χ1) is 17.4. The van der Waals surface area contributed by atoms with Crippen LogP contribution in [0.1, 0.15) is 47.3 Å². The number of carbonyl (C=O) groups is 1. The van der Waals surface area contributed by atoms with E-state index in [-0.39, 0.29) is 5.41 Å². The maximum atomic E-state index is 12.1. The Kier molecular flexibility index (Phi) is 5.29. The fourth-order valence-corrected chi connectivity index (χ4v) is 5.67. The predicted molar refractivity (Wildman–Crippen MR) is 137 cm³/mol. The van der Waals surface area contributed by atoms with Crippen LogP contribution in [0.5, 0.6) is 0 Å². The number of fused-ring (bicyclic) bond motifs is 1. The van der Waals surface area contributed by atoms with Crippen molar-refractivity contribution in [2.45, 2.75) is 38.0 Å². The topological polar surface area (TPSA) is 123 Å². The molecule has 0 aliphatic heterocycles. The molecule has 0 bridgehead atoms. The number of aromatic carboxylic acids is 1. The van der Waals surface area contributed by atoms with E-state index in [1.807, 2.05) is 37.3 Å². The van der Waals surface area contributed by atoms with Crippen molar-refractivity contribution in [3.8, 4) is 22.7 Å². The van der Waals surface area contributed by atoms with Gasteiger partial charge in [-0.15, -0.1) is 10.2 Å². The van der Waals surface area contributed by atoms with E-state index in [0.717, 1.165) is 57.2 Å². The third kappa shape index (κ3) is 3.55. The zero-order valence-corrected chi connectivity index (χ0v) is 21.3. The Bertz CT molecular complexity index is 1610. The van der Waals surface area contributed by atoms with Crippen molar-refractivity contribution in [1.29, 1.82) is 0 Å². The van der Waals surface area contributed by atoms with Gasteiger partial charge in [-0.1, -0.05) is 37.3 Å². The molecule has 3 heterocycles. The number of benzene rings is 2. The maximum absolute atomic E-state index is 12.1. The van der Waals surface area contributed by atoms with Gasteiger partial charge in [0.15, 0.2) is 5.69 Å². The molecule has 0 saturated heterocycles. The van der Waals surface area contributed by atoms with Crippen molar-refractivity contribution in [3.63, 3.8) is 0 Å². The Morgan fingerprint density at radius 3 is 2.67 bits per heavy atom. The quantitative estimate of drug-likeness (QED) is 0.283. The van der Waals surface area contributed by atoms with Gasteiger partial charge in [0.25, 0.3) is 0 Å². The van der Waals surface area contributed by atoms with E-state index in [2.05, 4.69) is 48.7 Å². The number of halogens is 1. The summed E-state index contributed by atoms with van der Waals surface area (Å²) in [5, 5.41) is 25.3. The first kappa shape index (κ1) is 22.7. The predicted octanol–water partition coefficient (Wildman–Crippen LogP) is 5.31. The number of carboxylic acid groups (broad SMARTS) is 1. The smallest absolute Gasteiger partial charge is 0.354 e. The number of hydrogen-bond acceptors (Lipinski definition) is 6. The van der Waals surface area contributed by atoms with Crippen molar-refractivity contribution >= 4 is 32.9 Å². The van der Waals surface area contributed by atoms with Crippen LogP contribution in [0.15, 0.2) is 51.4 Å². The molecule has 0 radical (unpaired) electrons. The van der Waals surface area contributed by atoms with Gasteiger partial charge < -0.3 is 14.1 Å².